The summed E-state index contributed by atoms with van der Waals surface area (Å²) in [6.45, 7) is 6.50. The summed E-state index contributed by atoms with van der Waals surface area (Å²) in [7, 11) is 0. The van der Waals surface area contributed by atoms with Gasteiger partial charge in [-0.05, 0) is 33.6 Å². The number of ether oxygens (including phenoxy) is 1. The third-order valence-corrected chi connectivity index (χ3v) is 2.95. The van der Waals surface area contributed by atoms with Crippen LogP contribution in [0, 0.1) is 0 Å². The highest BCUT2D eigenvalue weighted by molar-refractivity contribution is 5.69. The Labute approximate surface area is 103 Å². The SMILES string of the molecule is CC(C)(C)OC(=O)N1CCC[C@H]1c1ccc[cH-]1. The average molecular weight is 234 g/mol. The summed E-state index contributed by atoms with van der Waals surface area (Å²) in [5, 5.41) is 0. The van der Waals surface area contributed by atoms with Crippen molar-refractivity contribution in [1.82, 2.24) is 4.90 Å². The molecule has 1 aromatic rings. The molecule has 0 radical (unpaired) electrons. The van der Waals surface area contributed by atoms with Gasteiger partial charge in [0.15, 0.2) is 0 Å². The van der Waals surface area contributed by atoms with Crippen LogP contribution in [0.3, 0.4) is 0 Å². The molecular formula is C14H20NO2-. The van der Waals surface area contributed by atoms with Crippen molar-refractivity contribution < 1.29 is 9.53 Å². The number of nitrogens with zero attached hydrogens (tertiary/aromatic N) is 1. The second-order valence-electron chi connectivity index (χ2n) is 5.55. The first-order chi connectivity index (χ1) is 7.97. The molecule has 3 heteroatoms. The van der Waals surface area contributed by atoms with E-state index in [4.69, 9.17) is 4.74 Å². The van der Waals surface area contributed by atoms with Gasteiger partial charge in [0.05, 0.1) is 0 Å². The molecule has 0 N–H and O–H groups in total. The molecule has 2 rings (SSSR count). The molecule has 0 bridgehead atoms. The Bertz CT molecular complexity index is 375. The number of rotatable bonds is 1. The van der Waals surface area contributed by atoms with Crippen LogP contribution in [-0.4, -0.2) is 23.1 Å². The second kappa shape index (κ2) is 4.47. The summed E-state index contributed by atoms with van der Waals surface area (Å²) in [5.41, 5.74) is 0.796. The zero-order chi connectivity index (χ0) is 12.5. The lowest BCUT2D eigenvalue weighted by atomic mass is 10.1. The van der Waals surface area contributed by atoms with Gasteiger partial charge in [0.2, 0.25) is 0 Å². The summed E-state index contributed by atoms with van der Waals surface area (Å²) in [6.07, 6.45) is 1.89. The zero-order valence-corrected chi connectivity index (χ0v) is 10.8. The largest absolute Gasteiger partial charge is 0.444 e. The summed E-state index contributed by atoms with van der Waals surface area (Å²) >= 11 is 0. The fraction of sp³-hybridized carbons (Fsp3) is 0.571. The molecule has 0 spiro atoms. The number of amides is 1. The Hall–Kier alpha value is -1.38. The highest BCUT2D eigenvalue weighted by Gasteiger charge is 2.31. The maximum absolute atomic E-state index is 12.1. The van der Waals surface area contributed by atoms with E-state index in [9.17, 15) is 4.79 Å². The highest BCUT2D eigenvalue weighted by Crippen LogP contribution is 2.33. The normalized spacial score (nSPS) is 20.6. The van der Waals surface area contributed by atoms with E-state index in [2.05, 4.69) is 12.1 Å². The number of carbonyl (C=O) groups is 1. The van der Waals surface area contributed by atoms with Crippen molar-refractivity contribution in [2.45, 2.75) is 45.3 Å². The van der Waals surface area contributed by atoms with Crippen molar-refractivity contribution in [2.24, 2.45) is 0 Å². The van der Waals surface area contributed by atoms with Crippen LogP contribution in [0.5, 0.6) is 0 Å². The van der Waals surface area contributed by atoms with Crippen LogP contribution in [0.4, 0.5) is 4.79 Å². The number of carbonyl (C=O) groups excluding carboxylic acids is 1. The van der Waals surface area contributed by atoms with Gasteiger partial charge in [0.25, 0.3) is 0 Å². The zero-order valence-electron chi connectivity index (χ0n) is 10.8. The lowest BCUT2D eigenvalue weighted by Crippen LogP contribution is -2.36. The van der Waals surface area contributed by atoms with Gasteiger partial charge in [-0.2, -0.15) is 12.1 Å². The average Bonchev–Trinajstić information content (AvgIpc) is 2.85. The van der Waals surface area contributed by atoms with Crippen molar-refractivity contribution in [3.8, 4) is 0 Å². The quantitative estimate of drug-likeness (QED) is 0.696. The Morgan fingerprint density at radius 2 is 2.29 bits per heavy atom. The first-order valence-corrected chi connectivity index (χ1v) is 6.18. The maximum Gasteiger partial charge on any atom is 0.410 e. The Morgan fingerprint density at radius 3 is 2.88 bits per heavy atom. The molecular weight excluding hydrogens is 214 g/mol. The molecule has 1 fully saturated rings. The van der Waals surface area contributed by atoms with Crippen LogP contribution >= 0.6 is 0 Å². The van der Waals surface area contributed by atoms with E-state index in [0.717, 1.165) is 19.4 Å². The lowest BCUT2D eigenvalue weighted by Gasteiger charge is -2.29. The van der Waals surface area contributed by atoms with Crippen LogP contribution in [0.2, 0.25) is 0 Å². The van der Waals surface area contributed by atoms with Crippen molar-refractivity contribution >= 4 is 6.09 Å². The molecule has 1 aromatic carbocycles. The minimum atomic E-state index is -0.420. The number of hydrogen-bond donors (Lipinski definition) is 0. The first kappa shape index (κ1) is 12.1. The molecule has 0 aliphatic carbocycles. The summed E-state index contributed by atoms with van der Waals surface area (Å²) in [4.78, 5) is 13.9. The molecule has 94 valence electrons. The van der Waals surface area contributed by atoms with Gasteiger partial charge < -0.3 is 9.64 Å². The Kier molecular flexibility index (Phi) is 3.18. The molecule has 1 saturated heterocycles. The molecule has 3 nitrogen and oxygen atoms in total. The van der Waals surface area contributed by atoms with E-state index in [1.807, 2.05) is 37.8 Å². The fourth-order valence-electron chi connectivity index (χ4n) is 2.26. The maximum atomic E-state index is 12.1. The first-order valence-electron chi connectivity index (χ1n) is 6.18. The molecule has 1 aliphatic heterocycles. The van der Waals surface area contributed by atoms with Gasteiger partial charge in [-0.1, -0.05) is 0 Å². The van der Waals surface area contributed by atoms with E-state index in [1.54, 1.807) is 0 Å². The van der Waals surface area contributed by atoms with Gasteiger partial charge in [0.1, 0.15) is 5.60 Å². The van der Waals surface area contributed by atoms with Gasteiger partial charge in [-0.15, -0.1) is 5.56 Å². The van der Waals surface area contributed by atoms with Crippen LogP contribution in [-0.2, 0) is 4.74 Å². The second-order valence-corrected chi connectivity index (χ2v) is 5.55. The van der Waals surface area contributed by atoms with Crippen LogP contribution in [0.1, 0.15) is 45.2 Å². The Balaban J connectivity index is 2.07. The fourth-order valence-corrected chi connectivity index (χ4v) is 2.26. The molecule has 0 aromatic heterocycles. The Morgan fingerprint density at radius 1 is 1.53 bits per heavy atom. The molecule has 1 amide bonds. The number of likely N-dealkylation sites (tertiary alicyclic amines) is 1. The van der Waals surface area contributed by atoms with Crippen LogP contribution in [0.15, 0.2) is 24.3 Å². The van der Waals surface area contributed by atoms with Crippen molar-refractivity contribution in [2.75, 3.05) is 6.54 Å². The molecule has 0 saturated carbocycles. The summed E-state index contributed by atoms with van der Waals surface area (Å²) < 4.78 is 5.44. The molecule has 17 heavy (non-hydrogen) atoms. The molecule has 1 atom stereocenters. The summed E-state index contributed by atoms with van der Waals surface area (Å²) in [5.74, 6) is 0. The third-order valence-electron chi connectivity index (χ3n) is 2.95. The highest BCUT2D eigenvalue weighted by atomic mass is 16.6. The number of hydrogen-bond acceptors (Lipinski definition) is 2. The predicted octanol–water partition coefficient (Wildman–Crippen LogP) is 3.48. The van der Waals surface area contributed by atoms with E-state index < -0.39 is 5.60 Å². The predicted molar refractivity (Wildman–Crippen MR) is 67.0 cm³/mol. The third kappa shape index (κ3) is 2.84. The lowest BCUT2D eigenvalue weighted by molar-refractivity contribution is 0.0224. The standard InChI is InChI=1S/C14H20NO2/c1-14(2,3)17-13(16)15-10-6-9-12(15)11-7-4-5-8-11/h4-5,7-8,12H,6,9-10H2,1-3H3/q-1/t12-/m0/s1. The van der Waals surface area contributed by atoms with E-state index in [-0.39, 0.29) is 12.1 Å². The minimum Gasteiger partial charge on any atom is -0.444 e. The summed E-state index contributed by atoms with van der Waals surface area (Å²) in [6, 6.07) is 8.38. The van der Waals surface area contributed by atoms with Crippen molar-refractivity contribution in [3.63, 3.8) is 0 Å². The van der Waals surface area contributed by atoms with Gasteiger partial charge in [-0.3, -0.25) is 0 Å². The van der Waals surface area contributed by atoms with Gasteiger partial charge in [0, 0.05) is 12.6 Å². The topological polar surface area (TPSA) is 29.5 Å². The van der Waals surface area contributed by atoms with Gasteiger partial charge >= 0.3 is 6.09 Å². The van der Waals surface area contributed by atoms with Crippen LogP contribution < -0.4 is 0 Å². The van der Waals surface area contributed by atoms with E-state index >= 15 is 0 Å². The molecule has 1 heterocycles. The molecule has 0 unspecified atom stereocenters. The van der Waals surface area contributed by atoms with Crippen molar-refractivity contribution in [3.05, 3.63) is 29.8 Å². The van der Waals surface area contributed by atoms with Crippen molar-refractivity contribution in [1.29, 1.82) is 0 Å². The minimum absolute atomic E-state index is 0.193. The van der Waals surface area contributed by atoms with E-state index in [1.165, 1.54) is 5.56 Å². The molecule has 1 aliphatic rings. The van der Waals surface area contributed by atoms with E-state index in [0.29, 0.717) is 0 Å². The van der Waals surface area contributed by atoms with Gasteiger partial charge in [-0.25, -0.2) is 16.9 Å². The monoisotopic (exact) mass is 234 g/mol. The smallest absolute Gasteiger partial charge is 0.410 e. The van der Waals surface area contributed by atoms with Crippen LogP contribution in [0.25, 0.3) is 0 Å².